The topological polar surface area (TPSA) is 19.6 Å². The molecule has 0 amide bonds. The van der Waals surface area contributed by atoms with Crippen molar-refractivity contribution < 1.29 is 0 Å². The molecule has 6 heteroatoms. The SMILES string of the molecule is c1ccc(-c2ccc3c(c2)-c2cc(N(c4ccccc4)c4cc(N(c5ccccc5)c5ccc6c(c5)c5cc(-c7ccccc7)ccc5n6-c5ccccc5)cc(N(c5ccccc5)c5ccc6c(c5)c5cc(-c7ccccc7)ccc5n6-c5ccccc5)c4)ccc2I3c2ccccc2)cc1. The summed E-state index contributed by atoms with van der Waals surface area (Å²) in [4.78, 5) is 7.42. The standard InChI is InChI=1S/C96H66IN5/c1-10-28-67(29-11-1)70-46-52-91-85(58-70)86-64-79(49-53-92(86)97(91)73-34-16-4-17-35-73)98(74-36-18-5-19-37-74)82-61-83(99(75-38-20-6-21-39-75)80-50-56-95-89(65-80)87-59-71(68-30-12-2-13-31-68)47-54-93(87)101(95)77-42-24-8-25-43-77)63-84(62-82)100(76-40-22-7-23-41-76)81-51-57-96-90(66-81)88-60-72(69-32-14-3-15-33-69)48-55-94(88)102(96)78-44-26-9-27-45-78/h1-66H. The number of benzene rings is 16. The molecule has 3 heterocycles. The van der Waals surface area contributed by atoms with Crippen molar-refractivity contribution in [2.24, 2.45) is 0 Å². The van der Waals surface area contributed by atoms with Crippen LogP contribution in [-0.2, 0) is 0 Å². The summed E-state index contributed by atoms with van der Waals surface area (Å²) in [7, 11) is 0. The number of aromatic nitrogens is 2. The molecule has 0 atom stereocenters. The molecule has 19 rings (SSSR count). The van der Waals surface area contributed by atoms with Gasteiger partial charge in [-0.1, -0.05) is 121 Å². The van der Waals surface area contributed by atoms with Crippen LogP contribution in [0.1, 0.15) is 0 Å². The van der Waals surface area contributed by atoms with E-state index in [2.05, 4.69) is 424 Å². The van der Waals surface area contributed by atoms with E-state index in [9.17, 15) is 0 Å². The summed E-state index contributed by atoms with van der Waals surface area (Å²) in [5.41, 5.74) is 25.7. The van der Waals surface area contributed by atoms with Crippen LogP contribution in [0.2, 0.25) is 0 Å². The molecule has 482 valence electrons. The van der Waals surface area contributed by atoms with Gasteiger partial charge in [0.25, 0.3) is 0 Å². The van der Waals surface area contributed by atoms with E-state index in [1.807, 2.05) is 0 Å². The molecule has 1 aliphatic rings. The Labute approximate surface area is 601 Å². The minimum absolute atomic E-state index is 0.984. The maximum atomic E-state index is 2.49. The zero-order valence-electron chi connectivity index (χ0n) is 55.7. The fourth-order valence-corrected chi connectivity index (χ4v) is 21.5. The molecule has 16 aromatic carbocycles. The normalized spacial score (nSPS) is 12.1. The van der Waals surface area contributed by atoms with E-state index in [0.29, 0.717) is 0 Å². The first-order chi connectivity index (χ1) is 50.6. The third-order valence-electron chi connectivity index (χ3n) is 19.9. The number of anilines is 9. The summed E-state index contributed by atoms with van der Waals surface area (Å²) in [6.45, 7) is 0. The van der Waals surface area contributed by atoms with E-state index in [0.717, 1.165) is 95.4 Å². The molecule has 0 bridgehead atoms. The van der Waals surface area contributed by atoms with Crippen molar-refractivity contribution in [2.45, 2.75) is 0 Å². The van der Waals surface area contributed by atoms with Crippen molar-refractivity contribution in [3.63, 3.8) is 0 Å². The van der Waals surface area contributed by atoms with Crippen molar-refractivity contribution in [2.75, 3.05) is 14.7 Å². The second kappa shape index (κ2) is 25.8. The van der Waals surface area contributed by atoms with Gasteiger partial charge in [0.1, 0.15) is 0 Å². The summed E-state index contributed by atoms with van der Waals surface area (Å²) in [6.07, 6.45) is 0. The Bertz CT molecular complexity index is 5850. The molecule has 102 heavy (non-hydrogen) atoms. The van der Waals surface area contributed by atoms with Crippen molar-refractivity contribution >= 4 is 115 Å². The zero-order chi connectivity index (χ0) is 67.5. The molecule has 0 spiro atoms. The summed E-state index contributed by atoms with van der Waals surface area (Å²) in [6, 6.07) is 148. The van der Waals surface area contributed by atoms with Gasteiger partial charge >= 0.3 is 360 Å². The number of para-hydroxylation sites is 5. The molecule has 5 nitrogen and oxygen atoms in total. The van der Waals surface area contributed by atoms with Gasteiger partial charge < -0.3 is 9.13 Å². The second-order valence-electron chi connectivity index (χ2n) is 26.0. The Balaban J connectivity index is 0.875. The van der Waals surface area contributed by atoms with E-state index in [1.165, 1.54) is 66.0 Å². The molecule has 0 N–H and O–H groups in total. The summed E-state index contributed by atoms with van der Waals surface area (Å²) in [5.74, 6) is 0. The molecule has 0 saturated heterocycles. The average Bonchev–Trinajstić information content (AvgIpc) is 1.57. The second-order valence-corrected chi connectivity index (χ2v) is 31.2. The van der Waals surface area contributed by atoms with Crippen LogP contribution in [0.25, 0.3) is 99.5 Å². The number of hydrogen-bond donors (Lipinski definition) is 0. The quantitative estimate of drug-likeness (QED) is 0.0954. The first kappa shape index (κ1) is 60.4. The van der Waals surface area contributed by atoms with Crippen molar-refractivity contribution in [3.8, 4) is 55.9 Å². The third-order valence-corrected chi connectivity index (χ3v) is 26.1. The maximum absolute atomic E-state index is 2.49. The molecular weight excluding hydrogens is 1350 g/mol. The predicted molar refractivity (Wildman–Crippen MR) is 437 cm³/mol. The van der Waals surface area contributed by atoms with Crippen LogP contribution in [0, 0.1) is 10.7 Å². The Morgan fingerprint density at radius 3 is 0.863 bits per heavy atom. The molecule has 0 fully saturated rings. The number of rotatable bonds is 15. The van der Waals surface area contributed by atoms with E-state index >= 15 is 0 Å². The Hall–Kier alpha value is -12.8. The van der Waals surface area contributed by atoms with Gasteiger partial charge in [-0.2, -0.15) is 0 Å². The van der Waals surface area contributed by atoms with Gasteiger partial charge in [0, 0.05) is 22.1 Å². The van der Waals surface area contributed by atoms with E-state index in [4.69, 9.17) is 0 Å². The van der Waals surface area contributed by atoms with Crippen LogP contribution >= 0.6 is 19.8 Å². The fraction of sp³-hybridized carbons (Fsp3) is 0. The van der Waals surface area contributed by atoms with E-state index < -0.39 is 19.8 Å². The van der Waals surface area contributed by atoms with E-state index in [-0.39, 0.29) is 0 Å². The molecule has 2 aromatic heterocycles. The first-order valence-electron chi connectivity index (χ1n) is 34.8. The Kier molecular flexibility index (Phi) is 15.3. The van der Waals surface area contributed by atoms with Crippen LogP contribution in [0.15, 0.2) is 400 Å². The molecule has 1 aliphatic heterocycles. The summed E-state index contributed by atoms with van der Waals surface area (Å²) < 4.78 is 9.18. The van der Waals surface area contributed by atoms with Crippen LogP contribution < -0.4 is 14.7 Å². The minimum atomic E-state index is -2.16. The first-order valence-corrected chi connectivity index (χ1v) is 38.0. The van der Waals surface area contributed by atoms with Crippen LogP contribution in [-0.4, -0.2) is 9.13 Å². The van der Waals surface area contributed by atoms with E-state index in [1.54, 1.807) is 0 Å². The number of nitrogens with zero attached hydrogens (tertiary/aromatic N) is 5. The number of hydrogen-bond acceptors (Lipinski definition) is 3. The van der Waals surface area contributed by atoms with Gasteiger partial charge in [-0.05, 0) is 70.8 Å². The molecule has 0 radical (unpaired) electrons. The van der Waals surface area contributed by atoms with Crippen molar-refractivity contribution in [1.82, 2.24) is 9.13 Å². The monoisotopic (exact) mass is 1420 g/mol. The van der Waals surface area contributed by atoms with Gasteiger partial charge in [-0.15, -0.1) is 0 Å². The molecular formula is C96H66IN5. The number of halogens is 1. The average molecular weight is 1420 g/mol. The Morgan fingerprint density at radius 1 is 0.186 bits per heavy atom. The van der Waals surface area contributed by atoms with Gasteiger partial charge in [-0.3, -0.25) is 0 Å². The fourth-order valence-electron chi connectivity index (χ4n) is 15.3. The Morgan fingerprint density at radius 2 is 0.471 bits per heavy atom. The van der Waals surface area contributed by atoms with Crippen LogP contribution in [0.3, 0.4) is 0 Å². The zero-order valence-corrected chi connectivity index (χ0v) is 57.9. The third kappa shape index (κ3) is 10.8. The summed E-state index contributed by atoms with van der Waals surface area (Å²) >= 11 is -2.16. The molecule has 0 unspecified atom stereocenters. The molecule has 0 saturated carbocycles. The van der Waals surface area contributed by atoms with Crippen molar-refractivity contribution in [3.05, 3.63) is 411 Å². The molecule has 18 aromatic rings. The van der Waals surface area contributed by atoms with Gasteiger partial charge in [0.2, 0.25) is 0 Å². The number of fused-ring (bicyclic) bond motifs is 9. The van der Waals surface area contributed by atoms with Crippen molar-refractivity contribution in [1.29, 1.82) is 0 Å². The van der Waals surface area contributed by atoms with Gasteiger partial charge in [0.15, 0.2) is 0 Å². The van der Waals surface area contributed by atoms with Gasteiger partial charge in [0.05, 0.1) is 22.1 Å². The molecule has 0 aliphatic carbocycles. The van der Waals surface area contributed by atoms with Gasteiger partial charge in [-0.25, -0.2) is 0 Å². The summed E-state index contributed by atoms with van der Waals surface area (Å²) in [5, 5.41) is 4.67. The predicted octanol–water partition coefficient (Wildman–Crippen LogP) is 26.7. The van der Waals surface area contributed by atoms with Crippen LogP contribution in [0.5, 0.6) is 0 Å². The van der Waals surface area contributed by atoms with Crippen LogP contribution in [0.4, 0.5) is 51.2 Å².